The number of hydrogen-bond donors (Lipinski definition) is 0. The molecule has 1 rings (SSSR count). The van der Waals surface area contributed by atoms with Crippen LogP contribution in [0.5, 0.6) is 0 Å². The van der Waals surface area contributed by atoms with E-state index in [2.05, 4.69) is 15.9 Å². The highest BCUT2D eigenvalue weighted by Crippen LogP contribution is 2.22. The summed E-state index contributed by atoms with van der Waals surface area (Å²) in [6, 6.07) is 3.97. The van der Waals surface area contributed by atoms with E-state index in [4.69, 9.17) is 11.6 Å². The number of alkyl halides is 1. The molecule has 0 aromatic heterocycles. The molecule has 0 spiro atoms. The zero-order chi connectivity index (χ0) is 15.3. The van der Waals surface area contributed by atoms with Crippen molar-refractivity contribution < 1.29 is 9.72 Å². The number of non-ortho nitro benzene ring substituents is 1. The lowest BCUT2D eigenvalue weighted by atomic mass is 10.1. The maximum Gasteiger partial charge on any atom is 0.271 e. The Kier molecular flexibility index (Phi) is 6.42. The molecule has 1 aromatic rings. The molecule has 0 bridgehead atoms. The van der Waals surface area contributed by atoms with Gasteiger partial charge in [0.05, 0.1) is 4.92 Å². The van der Waals surface area contributed by atoms with Crippen LogP contribution in [0.4, 0.5) is 5.69 Å². The van der Waals surface area contributed by atoms with Gasteiger partial charge < -0.3 is 4.90 Å². The molecule has 0 atom stereocenters. The van der Waals surface area contributed by atoms with Crippen molar-refractivity contribution in [2.45, 2.75) is 26.3 Å². The molecule has 5 nitrogen and oxygen atoms in total. The van der Waals surface area contributed by atoms with Gasteiger partial charge in [0, 0.05) is 40.6 Å². The van der Waals surface area contributed by atoms with Gasteiger partial charge in [-0.1, -0.05) is 27.5 Å². The third kappa shape index (κ3) is 4.45. The van der Waals surface area contributed by atoms with Crippen molar-refractivity contribution in [1.29, 1.82) is 0 Å². The first-order valence-electron chi connectivity index (χ1n) is 6.18. The van der Waals surface area contributed by atoms with Gasteiger partial charge in [0.25, 0.3) is 11.6 Å². The van der Waals surface area contributed by atoms with Crippen LogP contribution in [0, 0.1) is 10.1 Å². The second-order valence-corrected chi connectivity index (χ2v) is 5.82. The number of carbonyl (C=O) groups excluding carboxylic acids is 1. The molecule has 7 heteroatoms. The fourth-order valence-corrected chi connectivity index (χ4v) is 2.27. The Morgan fingerprint density at radius 1 is 1.45 bits per heavy atom. The summed E-state index contributed by atoms with van der Waals surface area (Å²) in [4.78, 5) is 24.4. The molecule has 0 saturated carbocycles. The molecule has 1 aromatic carbocycles. The zero-order valence-electron chi connectivity index (χ0n) is 11.3. The van der Waals surface area contributed by atoms with E-state index in [0.717, 1.165) is 11.8 Å². The molecule has 110 valence electrons. The topological polar surface area (TPSA) is 63.5 Å². The van der Waals surface area contributed by atoms with Crippen LogP contribution in [0.15, 0.2) is 18.2 Å². The van der Waals surface area contributed by atoms with E-state index in [9.17, 15) is 14.9 Å². The minimum absolute atomic E-state index is 0.0135. The van der Waals surface area contributed by atoms with E-state index in [1.165, 1.54) is 18.2 Å². The third-order valence-electron chi connectivity index (χ3n) is 2.76. The Bertz CT molecular complexity index is 508. The second-order valence-electron chi connectivity index (χ2n) is 4.59. The van der Waals surface area contributed by atoms with Gasteiger partial charge in [-0.25, -0.2) is 0 Å². The molecule has 0 saturated heterocycles. The number of nitrogens with zero attached hydrogens (tertiary/aromatic N) is 2. The van der Waals surface area contributed by atoms with E-state index in [-0.39, 0.29) is 28.2 Å². The summed E-state index contributed by atoms with van der Waals surface area (Å²) >= 11 is 9.17. The molecule has 0 fully saturated rings. The lowest BCUT2D eigenvalue weighted by molar-refractivity contribution is -0.384. The minimum atomic E-state index is -0.555. The van der Waals surface area contributed by atoms with Gasteiger partial charge in [-0.2, -0.15) is 0 Å². The predicted octanol–water partition coefficient (Wildman–Crippen LogP) is 3.88. The van der Waals surface area contributed by atoms with E-state index in [1.54, 1.807) is 4.90 Å². The quantitative estimate of drug-likeness (QED) is 0.437. The highest BCUT2D eigenvalue weighted by Gasteiger charge is 2.21. The average Bonchev–Trinajstić information content (AvgIpc) is 2.37. The van der Waals surface area contributed by atoms with Crippen molar-refractivity contribution in [2.75, 3.05) is 11.9 Å². The first-order chi connectivity index (χ1) is 9.36. The number of halogens is 2. The summed E-state index contributed by atoms with van der Waals surface area (Å²) < 4.78 is 0. The average molecular weight is 364 g/mol. The Morgan fingerprint density at radius 3 is 2.60 bits per heavy atom. The van der Waals surface area contributed by atoms with Crippen LogP contribution < -0.4 is 0 Å². The van der Waals surface area contributed by atoms with Gasteiger partial charge >= 0.3 is 0 Å². The molecule has 0 aliphatic rings. The number of amides is 1. The smallest absolute Gasteiger partial charge is 0.271 e. The zero-order valence-corrected chi connectivity index (χ0v) is 13.6. The molecule has 0 heterocycles. The Labute approximate surface area is 131 Å². The molecular weight excluding hydrogens is 348 g/mol. The SMILES string of the molecule is CC(C)N(CCCBr)C(=O)c1cc(Cl)cc([N+](=O)[O-])c1. The molecule has 20 heavy (non-hydrogen) atoms. The minimum Gasteiger partial charge on any atom is -0.336 e. The molecule has 0 unspecified atom stereocenters. The van der Waals surface area contributed by atoms with Crippen LogP contribution in [-0.2, 0) is 0 Å². The lowest BCUT2D eigenvalue weighted by Crippen LogP contribution is -2.37. The summed E-state index contributed by atoms with van der Waals surface area (Å²) in [6.45, 7) is 4.40. The van der Waals surface area contributed by atoms with Crippen molar-refractivity contribution in [1.82, 2.24) is 4.90 Å². The molecule has 1 amide bonds. The largest absolute Gasteiger partial charge is 0.336 e. The van der Waals surface area contributed by atoms with Crippen LogP contribution in [0.2, 0.25) is 5.02 Å². The van der Waals surface area contributed by atoms with E-state index in [1.807, 2.05) is 13.8 Å². The van der Waals surface area contributed by atoms with Crippen molar-refractivity contribution >= 4 is 39.1 Å². The standard InChI is InChI=1S/C13H16BrClN2O3/c1-9(2)16(5-3-4-14)13(18)10-6-11(15)8-12(7-10)17(19)20/h6-9H,3-5H2,1-2H3. The van der Waals surface area contributed by atoms with Crippen molar-refractivity contribution in [2.24, 2.45) is 0 Å². The van der Waals surface area contributed by atoms with Crippen LogP contribution in [0.3, 0.4) is 0 Å². The molecule has 0 aliphatic heterocycles. The Morgan fingerprint density at radius 2 is 2.10 bits per heavy atom. The first-order valence-corrected chi connectivity index (χ1v) is 7.68. The summed E-state index contributed by atoms with van der Waals surface area (Å²) in [6.07, 6.45) is 0.812. The monoisotopic (exact) mass is 362 g/mol. The van der Waals surface area contributed by atoms with E-state index < -0.39 is 4.92 Å². The van der Waals surface area contributed by atoms with Crippen LogP contribution in [0.1, 0.15) is 30.6 Å². The summed E-state index contributed by atoms with van der Waals surface area (Å²) in [5, 5.41) is 11.8. The van der Waals surface area contributed by atoms with Gasteiger partial charge in [0.1, 0.15) is 0 Å². The number of nitro groups is 1. The summed E-state index contributed by atoms with van der Waals surface area (Å²) in [5.41, 5.74) is 0.0671. The Balaban J connectivity index is 3.08. The third-order valence-corrected chi connectivity index (χ3v) is 3.54. The van der Waals surface area contributed by atoms with Crippen LogP contribution >= 0.6 is 27.5 Å². The van der Waals surface area contributed by atoms with Crippen LogP contribution in [-0.4, -0.2) is 33.6 Å². The van der Waals surface area contributed by atoms with Crippen molar-refractivity contribution in [3.63, 3.8) is 0 Å². The maximum absolute atomic E-state index is 12.4. The predicted molar refractivity (Wildman–Crippen MR) is 82.7 cm³/mol. The van der Waals surface area contributed by atoms with Crippen molar-refractivity contribution in [3.8, 4) is 0 Å². The molecule has 0 radical (unpaired) electrons. The molecule has 0 N–H and O–H groups in total. The highest BCUT2D eigenvalue weighted by atomic mass is 79.9. The van der Waals surface area contributed by atoms with Gasteiger partial charge in [-0.3, -0.25) is 14.9 Å². The maximum atomic E-state index is 12.4. The fourth-order valence-electron chi connectivity index (χ4n) is 1.79. The first kappa shape index (κ1) is 16.9. The molecule has 0 aliphatic carbocycles. The normalized spacial score (nSPS) is 10.7. The van der Waals surface area contributed by atoms with E-state index in [0.29, 0.717) is 6.54 Å². The highest BCUT2D eigenvalue weighted by molar-refractivity contribution is 9.09. The second kappa shape index (κ2) is 7.59. The van der Waals surface area contributed by atoms with Gasteiger partial charge in [-0.15, -0.1) is 0 Å². The number of benzene rings is 1. The number of carbonyl (C=O) groups is 1. The fraction of sp³-hybridized carbons (Fsp3) is 0.462. The number of hydrogen-bond acceptors (Lipinski definition) is 3. The van der Waals surface area contributed by atoms with Gasteiger partial charge in [0.15, 0.2) is 0 Å². The Hall–Kier alpha value is -1.14. The van der Waals surface area contributed by atoms with E-state index >= 15 is 0 Å². The number of nitro benzene ring substituents is 1. The number of rotatable bonds is 6. The summed E-state index contributed by atoms with van der Waals surface area (Å²) in [7, 11) is 0. The van der Waals surface area contributed by atoms with Gasteiger partial charge in [0.2, 0.25) is 0 Å². The van der Waals surface area contributed by atoms with Gasteiger partial charge in [-0.05, 0) is 26.3 Å². The van der Waals surface area contributed by atoms with Crippen LogP contribution in [0.25, 0.3) is 0 Å². The molecular formula is C13H16BrClN2O3. The summed E-state index contributed by atoms with van der Waals surface area (Å²) in [5.74, 6) is -0.244. The van der Waals surface area contributed by atoms with Crippen molar-refractivity contribution in [3.05, 3.63) is 38.9 Å². The lowest BCUT2D eigenvalue weighted by Gasteiger charge is -2.26.